The Balaban J connectivity index is 1.56. The van der Waals surface area contributed by atoms with Crippen molar-refractivity contribution in [3.8, 4) is 0 Å². The first kappa shape index (κ1) is 13.7. The molecule has 0 aromatic carbocycles. The SMILES string of the molecule is O=C(C1CCC2CCCCC2C1)N1CCC(CCl)C1. The molecule has 2 saturated carbocycles. The van der Waals surface area contributed by atoms with Gasteiger partial charge in [0.1, 0.15) is 0 Å². The molecule has 4 unspecified atom stereocenters. The van der Waals surface area contributed by atoms with Gasteiger partial charge in [-0.1, -0.05) is 25.7 Å². The maximum atomic E-state index is 12.6. The Kier molecular flexibility index (Phi) is 4.36. The van der Waals surface area contributed by atoms with E-state index < -0.39 is 0 Å². The summed E-state index contributed by atoms with van der Waals surface area (Å²) in [7, 11) is 0. The number of amides is 1. The maximum Gasteiger partial charge on any atom is 0.225 e. The van der Waals surface area contributed by atoms with Gasteiger partial charge in [0.25, 0.3) is 0 Å². The minimum Gasteiger partial charge on any atom is -0.342 e. The Labute approximate surface area is 121 Å². The van der Waals surface area contributed by atoms with E-state index in [1.165, 1.54) is 38.5 Å². The van der Waals surface area contributed by atoms with Crippen LogP contribution in [0, 0.1) is 23.7 Å². The monoisotopic (exact) mass is 283 g/mol. The van der Waals surface area contributed by atoms with Crippen LogP contribution in [0.1, 0.15) is 51.4 Å². The van der Waals surface area contributed by atoms with Crippen molar-refractivity contribution in [2.24, 2.45) is 23.7 Å². The molecule has 1 aliphatic heterocycles. The molecule has 1 amide bonds. The first-order valence-electron chi connectivity index (χ1n) is 8.12. The number of fused-ring (bicyclic) bond motifs is 1. The lowest BCUT2D eigenvalue weighted by molar-refractivity contribution is -0.136. The Hall–Kier alpha value is -0.240. The number of rotatable bonds is 2. The van der Waals surface area contributed by atoms with Crippen molar-refractivity contribution in [3.05, 3.63) is 0 Å². The molecule has 0 aromatic rings. The van der Waals surface area contributed by atoms with E-state index in [-0.39, 0.29) is 0 Å². The molecule has 3 fully saturated rings. The fourth-order valence-electron chi connectivity index (χ4n) is 4.51. The lowest BCUT2D eigenvalue weighted by Crippen LogP contribution is -2.39. The predicted octanol–water partition coefficient (Wildman–Crippen LogP) is 3.68. The summed E-state index contributed by atoms with van der Waals surface area (Å²) in [6.07, 6.45) is 10.3. The number of carbonyl (C=O) groups excluding carboxylic acids is 1. The van der Waals surface area contributed by atoms with Crippen LogP contribution < -0.4 is 0 Å². The second-order valence-corrected chi connectivity index (χ2v) is 7.22. The van der Waals surface area contributed by atoms with Crippen LogP contribution in [0.15, 0.2) is 0 Å². The minimum absolute atomic E-state index is 0.327. The zero-order valence-electron chi connectivity index (χ0n) is 11.8. The van der Waals surface area contributed by atoms with Crippen molar-refractivity contribution >= 4 is 17.5 Å². The summed E-state index contributed by atoms with van der Waals surface area (Å²) in [5.74, 6) is 3.80. The molecule has 3 rings (SSSR count). The van der Waals surface area contributed by atoms with E-state index in [0.29, 0.717) is 23.6 Å². The van der Waals surface area contributed by atoms with Crippen LogP contribution >= 0.6 is 11.6 Å². The second kappa shape index (κ2) is 6.03. The largest absolute Gasteiger partial charge is 0.342 e. The second-order valence-electron chi connectivity index (χ2n) is 6.91. The first-order valence-corrected chi connectivity index (χ1v) is 8.66. The molecular weight excluding hydrogens is 258 g/mol. The van der Waals surface area contributed by atoms with Gasteiger partial charge in [0, 0.05) is 24.9 Å². The Morgan fingerprint density at radius 1 is 1.05 bits per heavy atom. The normalized spacial score (nSPS) is 39.1. The fraction of sp³-hybridized carbons (Fsp3) is 0.938. The highest BCUT2D eigenvalue weighted by atomic mass is 35.5. The third-order valence-corrected chi connectivity index (χ3v) is 6.14. The van der Waals surface area contributed by atoms with E-state index in [1.54, 1.807) is 0 Å². The number of halogens is 1. The highest BCUT2D eigenvalue weighted by Gasteiger charge is 2.37. The summed E-state index contributed by atoms with van der Waals surface area (Å²) in [4.78, 5) is 14.7. The molecule has 3 heteroatoms. The van der Waals surface area contributed by atoms with Gasteiger partial charge in [0.15, 0.2) is 0 Å². The molecule has 1 saturated heterocycles. The van der Waals surface area contributed by atoms with Crippen LogP contribution in [0.3, 0.4) is 0 Å². The summed E-state index contributed by atoms with van der Waals surface area (Å²) in [6.45, 7) is 1.85. The van der Waals surface area contributed by atoms with E-state index in [9.17, 15) is 4.79 Å². The molecule has 0 spiro atoms. The van der Waals surface area contributed by atoms with Crippen molar-refractivity contribution in [3.63, 3.8) is 0 Å². The number of alkyl halides is 1. The van der Waals surface area contributed by atoms with Gasteiger partial charge in [-0.05, 0) is 43.4 Å². The molecule has 3 aliphatic rings. The number of hydrogen-bond acceptors (Lipinski definition) is 1. The highest BCUT2D eigenvalue weighted by molar-refractivity contribution is 6.18. The van der Waals surface area contributed by atoms with Gasteiger partial charge in [0.05, 0.1) is 0 Å². The quantitative estimate of drug-likeness (QED) is 0.708. The lowest BCUT2D eigenvalue weighted by atomic mass is 9.67. The van der Waals surface area contributed by atoms with Crippen molar-refractivity contribution in [2.45, 2.75) is 51.4 Å². The molecule has 19 heavy (non-hydrogen) atoms. The molecule has 0 radical (unpaired) electrons. The number of likely N-dealkylation sites (tertiary alicyclic amines) is 1. The minimum atomic E-state index is 0.327. The van der Waals surface area contributed by atoms with Gasteiger partial charge in [-0.3, -0.25) is 4.79 Å². The summed E-state index contributed by atoms with van der Waals surface area (Å²) >= 11 is 5.92. The van der Waals surface area contributed by atoms with Crippen molar-refractivity contribution < 1.29 is 4.79 Å². The summed E-state index contributed by atoms with van der Waals surface area (Å²) in [6, 6.07) is 0. The van der Waals surface area contributed by atoms with Crippen LogP contribution in [-0.4, -0.2) is 29.8 Å². The van der Waals surface area contributed by atoms with Crippen LogP contribution in [0.2, 0.25) is 0 Å². The number of hydrogen-bond donors (Lipinski definition) is 0. The predicted molar refractivity (Wildman–Crippen MR) is 78.2 cm³/mol. The molecule has 4 atom stereocenters. The van der Waals surface area contributed by atoms with Crippen molar-refractivity contribution in [1.82, 2.24) is 4.90 Å². The molecule has 1 heterocycles. The Bertz CT molecular complexity index is 333. The summed E-state index contributed by atoms with van der Waals surface area (Å²) < 4.78 is 0. The van der Waals surface area contributed by atoms with Gasteiger partial charge in [0.2, 0.25) is 5.91 Å². The molecular formula is C16H26ClNO. The van der Waals surface area contributed by atoms with Crippen LogP contribution in [0.25, 0.3) is 0 Å². The average molecular weight is 284 g/mol. The zero-order valence-corrected chi connectivity index (χ0v) is 12.6. The number of nitrogens with zero attached hydrogens (tertiary/aromatic N) is 1. The van der Waals surface area contributed by atoms with Crippen molar-refractivity contribution in [1.29, 1.82) is 0 Å². The summed E-state index contributed by atoms with van der Waals surface area (Å²) in [5.41, 5.74) is 0. The van der Waals surface area contributed by atoms with Gasteiger partial charge in [-0.25, -0.2) is 0 Å². The Morgan fingerprint density at radius 3 is 2.58 bits per heavy atom. The third kappa shape index (κ3) is 2.94. The third-order valence-electron chi connectivity index (χ3n) is 5.70. The molecule has 2 nitrogen and oxygen atoms in total. The zero-order chi connectivity index (χ0) is 13.2. The maximum absolute atomic E-state index is 12.6. The highest BCUT2D eigenvalue weighted by Crippen LogP contribution is 2.43. The van der Waals surface area contributed by atoms with Crippen LogP contribution in [0.4, 0.5) is 0 Å². The number of carbonyl (C=O) groups is 1. The van der Waals surface area contributed by atoms with Crippen LogP contribution in [0.5, 0.6) is 0 Å². The van der Waals surface area contributed by atoms with E-state index in [0.717, 1.165) is 37.8 Å². The molecule has 0 N–H and O–H groups in total. The average Bonchev–Trinajstić information content (AvgIpc) is 2.95. The van der Waals surface area contributed by atoms with Crippen molar-refractivity contribution in [2.75, 3.05) is 19.0 Å². The van der Waals surface area contributed by atoms with E-state index in [2.05, 4.69) is 4.90 Å². The molecule has 0 aromatic heterocycles. The molecule has 108 valence electrons. The van der Waals surface area contributed by atoms with Crippen LogP contribution in [-0.2, 0) is 4.79 Å². The fourth-order valence-corrected chi connectivity index (χ4v) is 4.77. The first-order chi connectivity index (χ1) is 9.28. The molecule has 0 bridgehead atoms. The van der Waals surface area contributed by atoms with Gasteiger partial charge >= 0.3 is 0 Å². The topological polar surface area (TPSA) is 20.3 Å². The van der Waals surface area contributed by atoms with E-state index >= 15 is 0 Å². The summed E-state index contributed by atoms with van der Waals surface area (Å²) in [5, 5.41) is 0. The van der Waals surface area contributed by atoms with E-state index in [1.807, 2.05) is 0 Å². The van der Waals surface area contributed by atoms with Gasteiger partial charge < -0.3 is 4.90 Å². The van der Waals surface area contributed by atoms with E-state index in [4.69, 9.17) is 11.6 Å². The Morgan fingerprint density at radius 2 is 1.84 bits per heavy atom. The lowest BCUT2D eigenvalue weighted by Gasteiger charge is -2.39. The van der Waals surface area contributed by atoms with Gasteiger partial charge in [-0.15, -0.1) is 11.6 Å². The molecule has 2 aliphatic carbocycles. The standard InChI is InChI=1S/C16H26ClNO/c17-10-12-7-8-18(11-12)16(19)15-6-5-13-3-1-2-4-14(13)9-15/h12-15H,1-11H2. The smallest absolute Gasteiger partial charge is 0.225 e. The van der Waals surface area contributed by atoms with Gasteiger partial charge in [-0.2, -0.15) is 0 Å².